The molecule has 4 nitrogen and oxygen atoms in total. The highest BCUT2D eigenvalue weighted by Gasteiger charge is 2.38. The number of nitrogens with two attached hydrogens (primary N) is 1. The number of rotatable bonds is 4. The Balaban J connectivity index is 2.27. The van der Waals surface area contributed by atoms with Crippen molar-refractivity contribution in [2.75, 3.05) is 12.0 Å². The van der Waals surface area contributed by atoms with Crippen molar-refractivity contribution in [1.82, 2.24) is 0 Å². The molecule has 1 unspecified atom stereocenters. The summed E-state index contributed by atoms with van der Waals surface area (Å²) in [5, 5.41) is 1.55. The van der Waals surface area contributed by atoms with E-state index in [1.807, 2.05) is 18.2 Å². The van der Waals surface area contributed by atoms with Gasteiger partial charge in [-0.1, -0.05) is 47.1 Å². The van der Waals surface area contributed by atoms with Gasteiger partial charge in [0.25, 0.3) is 0 Å². The summed E-state index contributed by atoms with van der Waals surface area (Å²) >= 11 is 0. The van der Waals surface area contributed by atoms with E-state index in [9.17, 15) is 22.8 Å². The Labute approximate surface area is 138 Å². The first-order valence-electron chi connectivity index (χ1n) is 6.96. The first-order valence-corrected chi connectivity index (χ1v) is 8.72. The van der Waals surface area contributed by atoms with Crippen molar-refractivity contribution in [3.8, 4) is 0 Å². The Morgan fingerprint density at radius 2 is 1.83 bits per heavy atom. The maximum absolute atomic E-state index is 12.2. The maximum atomic E-state index is 12.2. The molecule has 0 fully saturated rings. The van der Waals surface area contributed by atoms with E-state index in [4.69, 9.17) is 5.73 Å². The number of carbonyl (C=O) groups excluding carboxylic acids is 2. The van der Waals surface area contributed by atoms with E-state index in [1.54, 1.807) is 18.2 Å². The minimum atomic E-state index is -4.96. The molecule has 2 aromatic rings. The van der Waals surface area contributed by atoms with Crippen molar-refractivity contribution in [2.24, 2.45) is 10.1 Å². The number of halogens is 3. The third kappa shape index (κ3) is 4.19. The molecule has 0 radical (unpaired) electrons. The highest BCUT2D eigenvalue weighted by molar-refractivity contribution is 7.86. The molecule has 24 heavy (non-hydrogen) atoms. The molecule has 0 spiro atoms. The van der Waals surface area contributed by atoms with E-state index in [2.05, 4.69) is 4.36 Å². The molecule has 0 saturated heterocycles. The van der Waals surface area contributed by atoms with E-state index in [0.29, 0.717) is 22.9 Å². The van der Waals surface area contributed by atoms with Gasteiger partial charge in [-0.3, -0.25) is 9.59 Å². The number of nitrogens with zero attached hydrogens (tertiary/aromatic N) is 1. The lowest BCUT2D eigenvalue weighted by atomic mass is 9.97. The van der Waals surface area contributed by atoms with Crippen LogP contribution in [0.1, 0.15) is 15.9 Å². The lowest BCUT2D eigenvalue weighted by Gasteiger charge is -2.11. The quantitative estimate of drug-likeness (QED) is 0.915. The summed E-state index contributed by atoms with van der Waals surface area (Å²) in [6.45, 7) is 0. The minimum absolute atomic E-state index is 0.223. The smallest absolute Gasteiger partial charge is 0.366 e. The Morgan fingerprint density at radius 3 is 2.46 bits per heavy atom. The number of amides is 2. The van der Waals surface area contributed by atoms with Gasteiger partial charge < -0.3 is 5.73 Å². The van der Waals surface area contributed by atoms with Crippen LogP contribution in [0.15, 0.2) is 40.8 Å². The molecular formula is C16H15F3N2O2S. The zero-order valence-corrected chi connectivity index (χ0v) is 13.6. The molecular weight excluding hydrogens is 341 g/mol. The molecule has 0 heterocycles. The van der Waals surface area contributed by atoms with Crippen molar-refractivity contribution in [3.05, 3.63) is 47.5 Å². The molecule has 2 aromatic carbocycles. The van der Waals surface area contributed by atoms with Crippen LogP contribution in [0, 0.1) is 0 Å². The first-order chi connectivity index (χ1) is 11.2. The second-order valence-corrected chi connectivity index (χ2v) is 6.93. The largest absolute Gasteiger partial charge is 0.474 e. The third-order valence-electron chi connectivity index (χ3n) is 3.41. The number of primary amides is 1. The zero-order chi connectivity index (χ0) is 17.9. The second kappa shape index (κ2) is 7.12. The van der Waals surface area contributed by atoms with Crippen LogP contribution in [0.25, 0.3) is 10.8 Å². The van der Waals surface area contributed by atoms with Crippen LogP contribution in [0.4, 0.5) is 13.2 Å². The number of benzene rings is 2. The Bertz CT molecular complexity index is 832. The minimum Gasteiger partial charge on any atom is -0.366 e. The molecule has 0 aromatic heterocycles. The number of aryl methyl sites for hydroxylation is 1. The van der Waals surface area contributed by atoms with E-state index < -0.39 is 28.7 Å². The van der Waals surface area contributed by atoms with E-state index in [0.717, 1.165) is 5.39 Å². The highest BCUT2D eigenvalue weighted by Crippen LogP contribution is 2.23. The molecule has 0 aliphatic rings. The first kappa shape index (κ1) is 18.1. The van der Waals surface area contributed by atoms with Crippen LogP contribution in [0.3, 0.4) is 0 Å². The topological polar surface area (TPSA) is 72.5 Å². The van der Waals surface area contributed by atoms with Crippen LogP contribution < -0.4 is 5.73 Å². The van der Waals surface area contributed by atoms with Gasteiger partial charge >= 0.3 is 12.1 Å². The third-order valence-corrected chi connectivity index (χ3v) is 4.68. The fourth-order valence-electron chi connectivity index (χ4n) is 2.31. The van der Waals surface area contributed by atoms with Crippen LogP contribution in [0.5, 0.6) is 0 Å². The van der Waals surface area contributed by atoms with Crippen LogP contribution in [-0.2, 0) is 21.9 Å². The van der Waals surface area contributed by atoms with Gasteiger partial charge in [-0.05, 0) is 29.0 Å². The van der Waals surface area contributed by atoms with Gasteiger partial charge in [-0.25, -0.2) is 0 Å². The van der Waals surface area contributed by atoms with Crippen molar-refractivity contribution in [2.45, 2.75) is 12.6 Å². The van der Waals surface area contributed by atoms with Gasteiger partial charge in [0.1, 0.15) is 0 Å². The van der Waals surface area contributed by atoms with Crippen molar-refractivity contribution in [1.29, 1.82) is 0 Å². The average Bonchev–Trinajstić information content (AvgIpc) is 2.51. The Morgan fingerprint density at radius 1 is 1.17 bits per heavy atom. The number of hydrogen-bond donors (Lipinski definition) is 1. The number of fused-ring (bicyclic) bond motifs is 1. The molecule has 0 aliphatic carbocycles. The van der Waals surface area contributed by atoms with Gasteiger partial charge in [0, 0.05) is 5.75 Å². The van der Waals surface area contributed by atoms with Gasteiger partial charge in [-0.2, -0.15) is 17.5 Å². The molecule has 2 N–H and O–H groups in total. The van der Waals surface area contributed by atoms with Gasteiger partial charge in [0.15, 0.2) is 0 Å². The Kier molecular flexibility index (Phi) is 5.38. The molecule has 1 atom stereocenters. The van der Waals surface area contributed by atoms with Crippen LogP contribution in [-0.4, -0.2) is 30.0 Å². The van der Waals surface area contributed by atoms with Crippen LogP contribution >= 0.6 is 0 Å². The number of carbonyl (C=O) groups is 2. The molecule has 8 heteroatoms. The Hall–Kier alpha value is -2.22. The zero-order valence-electron chi connectivity index (χ0n) is 12.8. The summed E-state index contributed by atoms with van der Waals surface area (Å²) in [4.78, 5) is 22.7. The summed E-state index contributed by atoms with van der Waals surface area (Å²) in [5.41, 5.74) is 6.45. The second-order valence-electron chi connectivity index (χ2n) is 5.13. The van der Waals surface area contributed by atoms with Crippen LogP contribution in [0.2, 0.25) is 0 Å². The summed E-state index contributed by atoms with van der Waals surface area (Å²) < 4.78 is 39.8. The fourth-order valence-corrected chi connectivity index (χ4v) is 3.31. The van der Waals surface area contributed by atoms with E-state index in [1.165, 1.54) is 6.26 Å². The summed E-state index contributed by atoms with van der Waals surface area (Å²) in [5.74, 6) is -2.46. The SMILES string of the molecule is CS(CCc1ccc2ccccc2c1C(N)=O)=NC(=O)C(F)(F)F. The summed E-state index contributed by atoms with van der Waals surface area (Å²) in [6, 6.07) is 10.8. The summed E-state index contributed by atoms with van der Waals surface area (Å²) in [6.07, 6.45) is -3.20. The fraction of sp³-hybridized carbons (Fsp3) is 0.250. The molecule has 0 aliphatic heterocycles. The standard InChI is InChI=1S/C16H15F3N2O2S/c1-24(21-15(23)16(17,18)19)9-8-11-7-6-10-4-2-3-5-12(10)13(11)14(20)22/h2-7H,8-9H2,1H3,(H2,20,22). The normalized spacial score (nSPS) is 13.2. The maximum Gasteiger partial charge on any atom is 0.474 e. The van der Waals surface area contributed by atoms with Crippen molar-refractivity contribution < 1.29 is 22.8 Å². The van der Waals surface area contributed by atoms with E-state index >= 15 is 0 Å². The average molecular weight is 356 g/mol. The van der Waals surface area contributed by atoms with Crippen molar-refractivity contribution in [3.63, 3.8) is 0 Å². The summed E-state index contributed by atoms with van der Waals surface area (Å²) in [7, 11) is -1.10. The highest BCUT2D eigenvalue weighted by atomic mass is 32.2. The monoisotopic (exact) mass is 356 g/mol. The number of hydrogen-bond acceptors (Lipinski definition) is 2. The van der Waals surface area contributed by atoms with Gasteiger partial charge in [0.2, 0.25) is 5.91 Å². The van der Waals surface area contributed by atoms with Gasteiger partial charge in [-0.15, -0.1) is 0 Å². The molecule has 128 valence electrons. The lowest BCUT2D eigenvalue weighted by Crippen LogP contribution is -2.21. The van der Waals surface area contributed by atoms with Gasteiger partial charge in [0.05, 0.1) is 5.56 Å². The molecule has 2 amide bonds. The predicted octanol–water partition coefficient (Wildman–Crippen LogP) is 3.00. The molecule has 0 bridgehead atoms. The van der Waals surface area contributed by atoms with Crippen molar-refractivity contribution >= 4 is 33.3 Å². The number of alkyl halides is 3. The lowest BCUT2D eigenvalue weighted by molar-refractivity contribution is -0.169. The molecule has 0 saturated carbocycles. The molecule has 2 rings (SSSR count). The predicted molar refractivity (Wildman–Crippen MR) is 87.8 cm³/mol. The van der Waals surface area contributed by atoms with E-state index in [-0.39, 0.29) is 5.75 Å².